The van der Waals surface area contributed by atoms with Crippen molar-refractivity contribution in [2.24, 2.45) is 0 Å². The largest absolute Gasteiger partial charge is 0.481 e. The normalized spacial score (nSPS) is 10.4. The first-order valence-corrected chi connectivity index (χ1v) is 6.78. The molecule has 0 fully saturated rings. The number of carboxylic acid groups (broad SMARTS) is 1. The second-order valence-electron chi connectivity index (χ2n) is 4.75. The van der Waals surface area contributed by atoms with Gasteiger partial charge in [0.15, 0.2) is 5.76 Å². The van der Waals surface area contributed by atoms with Gasteiger partial charge in [-0.2, -0.15) is 0 Å². The maximum atomic E-state index is 12.1. The van der Waals surface area contributed by atoms with E-state index in [1.165, 1.54) is 0 Å². The number of hydrogen-bond acceptors (Lipinski definition) is 4. The molecular weight excluding hydrogens is 286 g/mol. The Labute approximate surface area is 127 Å². The second kappa shape index (κ2) is 7.42. The average molecular weight is 303 g/mol. The van der Waals surface area contributed by atoms with Crippen LogP contribution in [0.3, 0.4) is 0 Å². The summed E-state index contributed by atoms with van der Waals surface area (Å²) in [6.45, 7) is 0.304. The molecule has 0 atom stereocenters. The van der Waals surface area contributed by atoms with Crippen LogP contribution < -0.4 is 5.32 Å². The Morgan fingerprint density at radius 2 is 2.09 bits per heavy atom. The minimum atomic E-state index is -0.851. The van der Waals surface area contributed by atoms with Gasteiger partial charge in [-0.05, 0) is 36.2 Å². The van der Waals surface area contributed by atoms with Crippen molar-refractivity contribution in [1.82, 2.24) is 0 Å². The first-order valence-electron chi connectivity index (χ1n) is 6.78. The zero-order chi connectivity index (χ0) is 15.9. The molecule has 2 aromatic rings. The molecule has 6 heteroatoms. The second-order valence-corrected chi connectivity index (χ2v) is 4.75. The van der Waals surface area contributed by atoms with Gasteiger partial charge in [-0.25, -0.2) is 0 Å². The number of aryl methyl sites for hydroxylation is 1. The molecule has 2 rings (SSSR count). The van der Waals surface area contributed by atoms with E-state index < -0.39 is 5.97 Å². The van der Waals surface area contributed by atoms with E-state index in [2.05, 4.69) is 5.32 Å². The van der Waals surface area contributed by atoms with Gasteiger partial charge in [0.1, 0.15) is 12.4 Å². The van der Waals surface area contributed by atoms with Crippen molar-refractivity contribution in [3.05, 3.63) is 53.5 Å². The highest BCUT2D eigenvalue weighted by atomic mass is 16.5. The first kappa shape index (κ1) is 15.8. The quantitative estimate of drug-likeness (QED) is 0.821. The fourth-order valence-electron chi connectivity index (χ4n) is 1.97. The molecule has 0 saturated carbocycles. The average Bonchev–Trinajstić information content (AvgIpc) is 2.95. The van der Waals surface area contributed by atoms with E-state index >= 15 is 0 Å². The van der Waals surface area contributed by atoms with E-state index in [1.54, 1.807) is 37.4 Å². The van der Waals surface area contributed by atoms with Crippen LogP contribution in [-0.2, 0) is 22.6 Å². The number of carbonyl (C=O) groups is 2. The van der Waals surface area contributed by atoms with Gasteiger partial charge >= 0.3 is 5.97 Å². The van der Waals surface area contributed by atoms with Gasteiger partial charge < -0.3 is 19.6 Å². The lowest BCUT2D eigenvalue weighted by molar-refractivity contribution is -0.136. The Morgan fingerprint density at radius 1 is 1.27 bits per heavy atom. The maximum Gasteiger partial charge on any atom is 0.303 e. The summed E-state index contributed by atoms with van der Waals surface area (Å²) in [7, 11) is 1.55. The number of carboxylic acids is 1. The maximum absolute atomic E-state index is 12.1. The van der Waals surface area contributed by atoms with Gasteiger partial charge in [-0.3, -0.25) is 9.59 Å². The molecule has 0 radical (unpaired) electrons. The number of rotatable bonds is 7. The number of nitrogens with one attached hydrogen (secondary N) is 1. The van der Waals surface area contributed by atoms with Crippen molar-refractivity contribution in [3.8, 4) is 0 Å². The van der Waals surface area contributed by atoms with Gasteiger partial charge in [-0.15, -0.1) is 0 Å². The molecule has 1 aromatic heterocycles. The molecule has 0 spiro atoms. The summed E-state index contributed by atoms with van der Waals surface area (Å²) in [6.07, 6.45) is 0.466. The number of hydrogen-bond donors (Lipinski definition) is 2. The van der Waals surface area contributed by atoms with Gasteiger partial charge in [-0.1, -0.05) is 12.1 Å². The van der Waals surface area contributed by atoms with Crippen LogP contribution in [0.1, 0.15) is 28.3 Å². The lowest BCUT2D eigenvalue weighted by Gasteiger charge is -2.05. The molecule has 1 amide bonds. The Bertz CT molecular complexity index is 662. The van der Waals surface area contributed by atoms with Crippen molar-refractivity contribution >= 4 is 17.6 Å². The number of amides is 1. The number of carbonyl (C=O) groups excluding carboxylic acids is 1. The summed E-state index contributed by atoms with van der Waals surface area (Å²) >= 11 is 0. The van der Waals surface area contributed by atoms with Crippen molar-refractivity contribution in [3.63, 3.8) is 0 Å². The molecule has 22 heavy (non-hydrogen) atoms. The molecule has 6 nitrogen and oxygen atoms in total. The van der Waals surface area contributed by atoms with Gasteiger partial charge in [0.2, 0.25) is 0 Å². The summed E-state index contributed by atoms with van der Waals surface area (Å²) in [5, 5.41) is 11.4. The SMILES string of the molecule is COCc1ccc(C(=O)Nc2cccc(CCC(=O)O)c2)o1. The predicted octanol–water partition coefficient (Wildman–Crippen LogP) is 2.70. The molecular formula is C16H17NO5. The van der Waals surface area contributed by atoms with Crippen molar-refractivity contribution in [2.45, 2.75) is 19.4 Å². The van der Waals surface area contributed by atoms with Crippen LogP contribution in [0.15, 0.2) is 40.8 Å². The van der Waals surface area contributed by atoms with E-state index in [0.717, 1.165) is 5.56 Å². The third-order valence-corrected chi connectivity index (χ3v) is 2.98. The molecule has 0 aliphatic carbocycles. The number of furan rings is 1. The van der Waals surface area contributed by atoms with Crippen LogP contribution in [-0.4, -0.2) is 24.1 Å². The Kier molecular flexibility index (Phi) is 5.32. The lowest BCUT2D eigenvalue weighted by Crippen LogP contribution is -2.11. The molecule has 0 aliphatic heterocycles. The zero-order valence-corrected chi connectivity index (χ0v) is 12.2. The van der Waals surface area contributed by atoms with Gasteiger partial charge in [0.25, 0.3) is 5.91 Å². The third kappa shape index (κ3) is 4.46. The monoisotopic (exact) mass is 303 g/mol. The number of ether oxygens (including phenoxy) is 1. The minimum absolute atomic E-state index is 0.0515. The van der Waals surface area contributed by atoms with E-state index in [0.29, 0.717) is 24.5 Å². The minimum Gasteiger partial charge on any atom is -0.481 e. The van der Waals surface area contributed by atoms with Crippen LogP contribution in [0, 0.1) is 0 Å². The van der Waals surface area contributed by atoms with Crippen molar-refractivity contribution < 1.29 is 23.8 Å². The third-order valence-electron chi connectivity index (χ3n) is 2.98. The van der Waals surface area contributed by atoms with Crippen LogP contribution in [0.4, 0.5) is 5.69 Å². The molecule has 1 aromatic carbocycles. The van der Waals surface area contributed by atoms with Gasteiger partial charge in [0, 0.05) is 19.2 Å². The summed E-state index contributed by atoms with van der Waals surface area (Å²) in [5.41, 5.74) is 1.44. The number of methoxy groups -OCH3 is 1. The highest BCUT2D eigenvalue weighted by Gasteiger charge is 2.11. The van der Waals surface area contributed by atoms with Crippen LogP contribution in [0.25, 0.3) is 0 Å². The molecule has 0 aliphatic rings. The number of anilines is 1. The zero-order valence-electron chi connectivity index (χ0n) is 12.2. The van der Waals surface area contributed by atoms with Crippen LogP contribution in [0.2, 0.25) is 0 Å². The van der Waals surface area contributed by atoms with Crippen LogP contribution >= 0.6 is 0 Å². The highest BCUT2D eigenvalue weighted by molar-refractivity contribution is 6.02. The molecule has 2 N–H and O–H groups in total. The van der Waals surface area contributed by atoms with Crippen molar-refractivity contribution in [2.75, 3.05) is 12.4 Å². The van der Waals surface area contributed by atoms with E-state index in [-0.39, 0.29) is 18.1 Å². The molecule has 1 heterocycles. The Hall–Kier alpha value is -2.60. The van der Waals surface area contributed by atoms with Crippen LogP contribution in [0.5, 0.6) is 0 Å². The highest BCUT2D eigenvalue weighted by Crippen LogP contribution is 2.15. The number of benzene rings is 1. The molecule has 0 unspecified atom stereocenters. The summed E-state index contributed by atoms with van der Waals surface area (Å²) in [5.74, 6) is -0.445. The fourth-order valence-corrected chi connectivity index (χ4v) is 1.97. The predicted molar refractivity (Wildman–Crippen MR) is 79.8 cm³/mol. The van der Waals surface area contributed by atoms with E-state index in [1.807, 2.05) is 6.07 Å². The summed E-state index contributed by atoms with van der Waals surface area (Å²) in [6, 6.07) is 10.3. The topological polar surface area (TPSA) is 88.8 Å². The lowest BCUT2D eigenvalue weighted by atomic mass is 10.1. The first-order chi connectivity index (χ1) is 10.6. The van der Waals surface area contributed by atoms with E-state index in [9.17, 15) is 9.59 Å². The molecule has 0 bridgehead atoms. The van der Waals surface area contributed by atoms with Gasteiger partial charge in [0.05, 0.1) is 0 Å². The Morgan fingerprint density at radius 3 is 2.82 bits per heavy atom. The smallest absolute Gasteiger partial charge is 0.303 e. The fraction of sp³-hybridized carbons (Fsp3) is 0.250. The summed E-state index contributed by atoms with van der Waals surface area (Å²) < 4.78 is 10.3. The standard InChI is InChI=1S/C16H17NO5/c1-21-10-13-6-7-14(22-13)16(20)17-12-4-2-3-11(9-12)5-8-15(18)19/h2-4,6-7,9H,5,8,10H2,1H3,(H,17,20)(H,18,19). The summed E-state index contributed by atoms with van der Waals surface area (Å²) in [4.78, 5) is 22.7. The number of aliphatic carboxylic acids is 1. The van der Waals surface area contributed by atoms with E-state index in [4.69, 9.17) is 14.3 Å². The Balaban J connectivity index is 2.01. The molecule has 116 valence electrons. The van der Waals surface area contributed by atoms with Crippen molar-refractivity contribution in [1.29, 1.82) is 0 Å². The molecule has 0 saturated heterocycles.